The molecule has 4 N–H and O–H groups in total. The third kappa shape index (κ3) is 7.50. The van der Waals surface area contributed by atoms with Crippen molar-refractivity contribution >= 4 is 23.7 Å². The Labute approximate surface area is 292 Å². The summed E-state index contributed by atoms with van der Waals surface area (Å²) in [6, 6.07) is 10.2. The Morgan fingerprint density at radius 3 is 1.42 bits per heavy atom. The van der Waals surface area contributed by atoms with Crippen LogP contribution in [0.2, 0.25) is 0 Å². The zero-order valence-corrected chi connectivity index (χ0v) is 32.1. The van der Waals surface area contributed by atoms with Crippen molar-refractivity contribution in [2.75, 3.05) is 10.2 Å². The molecule has 3 fully saturated rings. The van der Waals surface area contributed by atoms with Crippen LogP contribution >= 0.6 is 11.8 Å². The van der Waals surface area contributed by atoms with Crippen molar-refractivity contribution in [3.63, 3.8) is 0 Å². The molecule has 0 aliphatic carbocycles. The zero-order chi connectivity index (χ0) is 35.7. The summed E-state index contributed by atoms with van der Waals surface area (Å²) >= 11 is 1.52. The summed E-state index contributed by atoms with van der Waals surface area (Å²) in [6.45, 7) is 25.0. The van der Waals surface area contributed by atoms with E-state index in [2.05, 4.69) is 105 Å². The third-order valence-corrected chi connectivity index (χ3v) is 11.7. The minimum atomic E-state index is -0.488. The van der Waals surface area contributed by atoms with Gasteiger partial charge in [0.05, 0.1) is 0 Å². The number of benzene rings is 1. The second-order valence-corrected chi connectivity index (χ2v) is 19.3. The van der Waals surface area contributed by atoms with E-state index < -0.39 is 33.2 Å². The molecule has 0 amide bonds. The fourth-order valence-electron chi connectivity index (χ4n) is 9.17. The van der Waals surface area contributed by atoms with Crippen molar-refractivity contribution in [2.24, 2.45) is 0 Å². The lowest BCUT2D eigenvalue weighted by molar-refractivity contribution is -0.251. The molecule has 12 heteroatoms. The number of hydrogen-bond acceptors (Lipinski definition) is 12. The van der Waals surface area contributed by atoms with E-state index in [-0.39, 0.29) is 18.1 Å². The number of nitrogens with one attached hydrogen (secondary N) is 1. The lowest BCUT2D eigenvalue weighted by atomic mass is 9.75. The molecule has 0 unspecified atom stereocenters. The normalized spacial score (nSPS) is 26.3. The van der Waals surface area contributed by atoms with Gasteiger partial charge in [-0.3, -0.25) is 0 Å². The van der Waals surface area contributed by atoms with Crippen LogP contribution in [0.25, 0.3) is 0 Å². The highest BCUT2D eigenvalue weighted by molar-refractivity contribution is 7.99. The van der Waals surface area contributed by atoms with E-state index in [0.29, 0.717) is 55.6 Å². The first-order valence-corrected chi connectivity index (χ1v) is 18.3. The summed E-state index contributed by atoms with van der Waals surface area (Å²) in [7, 11) is 0. The highest BCUT2D eigenvalue weighted by Crippen LogP contribution is 2.46. The molecule has 3 aliphatic heterocycles. The lowest BCUT2D eigenvalue weighted by Gasteiger charge is -2.58. The fourth-order valence-corrected chi connectivity index (χ4v) is 9.94. The van der Waals surface area contributed by atoms with Crippen LogP contribution in [0, 0.1) is 0 Å². The van der Waals surface area contributed by atoms with Crippen LogP contribution in [0.4, 0.5) is 11.9 Å². The topological polar surface area (TPSA) is 124 Å². The van der Waals surface area contributed by atoms with E-state index in [4.69, 9.17) is 15.0 Å². The average molecular weight is 685 g/mol. The molecule has 0 radical (unpaired) electrons. The SMILES string of the molecule is CC1(C)CC(Nc2nc(Sc3ccccc3)nc(N(C3CC(C)(C)N(O)C(C)(C)C3)C3CC(C)(C)N(O)C(C)(C)C3)n2)CC(C)(C)N1O. The van der Waals surface area contributed by atoms with Crippen molar-refractivity contribution in [2.45, 2.75) is 183 Å². The highest BCUT2D eigenvalue weighted by Gasteiger charge is 2.52. The third-order valence-electron chi connectivity index (χ3n) is 10.8. The molecule has 2 aromatic rings. The molecule has 11 nitrogen and oxygen atoms in total. The van der Waals surface area contributed by atoms with Gasteiger partial charge in [0.2, 0.25) is 11.9 Å². The summed E-state index contributed by atoms with van der Waals surface area (Å²) in [6.07, 6.45) is 4.27. The Hall–Kier alpha value is -2.06. The van der Waals surface area contributed by atoms with Gasteiger partial charge < -0.3 is 25.8 Å². The largest absolute Gasteiger partial charge is 0.351 e. The zero-order valence-electron chi connectivity index (χ0n) is 31.2. The van der Waals surface area contributed by atoms with Gasteiger partial charge in [0.25, 0.3) is 0 Å². The Balaban J connectivity index is 1.63. The second kappa shape index (κ2) is 12.6. The van der Waals surface area contributed by atoms with Crippen LogP contribution in [-0.2, 0) is 0 Å². The molecular formula is C36H60N8O3S. The van der Waals surface area contributed by atoms with E-state index in [9.17, 15) is 15.6 Å². The molecule has 1 aromatic heterocycles. The Kier molecular flexibility index (Phi) is 9.78. The summed E-state index contributed by atoms with van der Waals surface area (Å²) in [4.78, 5) is 18.8. The van der Waals surface area contributed by atoms with Gasteiger partial charge in [-0.2, -0.15) is 30.1 Å². The molecule has 0 spiro atoms. The fraction of sp³-hybridized carbons (Fsp3) is 0.750. The number of anilines is 2. The van der Waals surface area contributed by atoms with Gasteiger partial charge in [-0.25, -0.2) is 0 Å². The first-order chi connectivity index (χ1) is 21.9. The summed E-state index contributed by atoms with van der Waals surface area (Å²) in [5, 5.41) is 42.4. The number of aromatic nitrogens is 3. The van der Waals surface area contributed by atoms with Crippen molar-refractivity contribution in [3.05, 3.63) is 30.3 Å². The molecule has 268 valence electrons. The molecule has 48 heavy (non-hydrogen) atoms. The van der Waals surface area contributed by atoms with Crippen molar-refractivity contribution < 1.29 is 15.6 Å². The molecule has 0 bridgehead atoms. The van der Waals surface area contributed by atoms with Gasteiger partial charge in [0.1, 0.15) is 0 Å². The van der Waals surface area contributed by atoms with Crippen molar-refractivity contribution in [1.29, 1.82) is 0 Å². The maximum Gasteiger partial charge on any atom is 0.231 e. The van der Waals surface area contributed by atoms with Gasteiger partial charge in [-0.1, -0.05) is 18.2 Å². The molecule has 4 heterocycles. The molecule has 1 aromatic carbocycles. The van der Waals surface area contributed by atoms with Crippen LogP contribution in [0.15, 0.2) is 40.4 Å². The van der Waals surface area contributed by atoms with Crippen LogP contribution in [0.5, 0.6) is 0 Å². The van der Waals surface area contributed by atoms with Crippen molar-refractivity contribution in [1.82, 2.24) is 30.1 Å². The maximum atomic E-state index is 11.3. The van der Waals surface area contributed by atoms with Gasteiger partial charge in [0.15, 0.2) is 5.16 Å². The molecule has 3 aliphatic rings. The van der Waals surface area contributed by atoms with E-state index in [1.807, 2.05) is 18.2 Å². The van der Waals surface area contributed by atoms with E-state index in [0.717, 1.165) is 4.90 Å². The quantitative estimate of drug-likeness (QED) is 0.231. The average Bonchev–Trinajstić information content (AvgIpc) is 2.93. The predicted octanol–water partition coefficient (Wildman–Crippen LogP) is 7.47. The van der Waals surface area contributed by atoms with Gasteiger partial charge >= 0.3 is 0 Å². The maximum absolute atomic E-state index is 11.3. The van der Waals surface area contributed by atoms with E-state index in [1.54, 1.807) is 0 Å². The number of hydrogen-bond donors (Lipinski definition) is 4. The Morgan fingerprint density at radius 1 is 0.604 bits per heavy atom. The Morgan fingerprint density at radius 2 is 1.00 bits per heavy atom. The van der Waals surface area contributed by atoms with E-state index in [1.165, 1.54) is 27.0 Å². The molecule has 3 saturated heterocycles. The molecular weight excluding hydrogens is 625 g/mol. The summed E-state index contributed by atoms with van der Waals surface area (Å²) in [5.41, 5.74) is -2.82. The van der Waals surface area contributed by atoms with Crippen LogP contribution in [-0.4, -0.2) is 97.1 Å². The first-order valence-electron chi connectivity index (χ1n) is 17.5. The minimum Gasteiger partial charge on any atom is -0.351 e. The summed E-state index contributed by atoms with van der Waals surface area (Å²) in [5.74, 6) is 1.12. The first kappa shape index (κ1) is 37.2. The monoisotopic (exact) mass is 684 g/mol. The van der Waals surface area contributed by atoms with Crippen LogP contribution in [0.3, 0.4) is 0 Å². The van der Waals surface area contributed by atoms with Crippen molar-refractivity contribution in [3.8, 4) is 0 Å². The van der Waals surface area contributed by atoms with Gasteiger partial charge in [-0.05, 0) is 146 Å². The highest BCUT2D eigenvalue weighted by atomic mass is 32.2. The summed E-state index contributed by atoms with van der Waals surface area (Å²) < 4.78 is 0. The number of piperidine rings is 3. The molecule has 5 rings (SSSR count). The van der Waals surface area contributed by atoms with E-state index >= 15 is 0 Å². The molecule has 0 saturated carbocycles. The molecule has 0 atom stereocenters. The van der Waals surface area contributed by atoms with Gasteiger partial charge in [-0.15, -0.1) is 0 Å². The Bertz CT molecular complexity index is 1350. The lowest BCUT2D eigenvalue weighted by Crippen LogP contribution is -2.67. The van der Waals surface area contributed by atoms with Crippen LogP contribution in [0.1, 0.15) is 122 Å². The second-order valence-electron chi connectivity index (χ2n) is 18.2. The van der Waals surface area contributed by atoms with Crippen LogP contribution < -0.4 is 10.2 Å². The standard InChI is InChI=1S/C36H60N8O3S/c1-31(2)18-24(19-32(3,4)42(31)45)37-28-38-29(40-30(39-28)48-27-16-14-13-15-17-27)41(25-20-33(5,6)43(46)34(7,8)21-25)26-22-35(9,10)44(47)36(11,12)23-26/h13-17,24-26,45-47H,18-23H2,1-12H3,(H,37,38,39,40). The predicted molar refractivity (Wildman–Crippen MR) is 191 cm³/mol. The van der Waals surface area contributed by atoms with Gasteiger partial charge in [0, 0.05) is 56.3 Å². The smallest absolute Gasteiger partial charge is 0.231 e. The number of nitrogens with zero attached hydrogens (tertiary/aromatic N) is 7. The minimum absolute atomic E-state index is 0.0144. The number of rotatable bonds is 7. The number of hydroxylamine groups is 6.